The molecule has 0 radical (unpaired) electrons. The van der Waals surface area contributed by atoms with Crippen LogP contribution in [0.5, 0.6) is 0 Å². The quantitative estimate of drug-likeness (QED) is 0.374. The Morgan fingerprint density at radius 2 is 2.36 bits per heavy atom. The molecule has 0 aliphatic heterocycles. The Hall–Kier alpha value is -0.970. The van der Waals surface area contributed by atoms with Crippen LogP contribution < -0.4 is 5.73 Å². The summed E-state index contributed by atoms with van der Waals surface area (Å²) in [6.07, 6.45) is -0.168. The summed E-state index contributed by atoms with van der Waals surface area (Å²) in [5.41, 5.74) is 13.0. The summed E-state index contributed by atoms with van der Waals surface area (Å²) in [7, 11) is 0. The van der Waals surface area contributed by atoms with Gasteiger partial charge in [0.05, 0.1) is 6.42 Å². The number of carboxylic acid groups (broad SMARTS) is 1. The predicted octanol–water partition coefficient (Wildman–Crippen LogP) is 0.520. The molecule has 0 spiro atoms. The fraction of sp³-hybridized carbons (Fsp3) is 0.750. The number of aliphatic carboxylic acids is 1. The molecule has 0 amide bonds. The van der Waals surface area contributed by atoms with Crippen LogP contribution in [0.3, 0.4) is 0 Å². The van der Waals surface area contributed by atoms with Crippen LogP contribution in [0.15, 0.2) is 5.11 Å². The van der Waals surface area contributed by atoms with Gasteiger partial charge in [0.25, 0.3) is 0 Å². The summed E-state index contributed by atoms with van der Waals surface area (Å²) in [5.74, 6) is -0.986. The molecule has 0 aromatic rings. The zero-order chi connectivity index (χ0) is 7.98. The lowest BCUT2D eigenvalue weighted by atomic mass is 10.2. The summed E-state index contributed by atoms with van der Waals surface area (Å²) in [6.45, 7) is 0.0306. The van der Waals surface area contributed by atoms with Crippen molar-refractivity contribution in [2.24, 2.45) is 10.8 Å². The van der Waals surface area contributed by atoms with Gasteiger partial charge in [-0.15, -0.1) is 12.4 Å². The third kappa shape index (κ3) is 9.03. The van der Waals surface area contributed by atoms with Gasteiger partial charge in [-0.05, 0) is 5.53 Å². The van der Waals surface area contributed by atoms with Crippen molar-refractivity contribution < 1.29 is 9.90 Å². The van der Waals surface area contributed by atoms with E-state index in [-0.39, 0.29) is 25.4 Å². The first-order valence-electron chi connectivity index (χ1n) is 2.65. The lowest BCUT2D eigenvalue weighted by Crippen LogP contribution is -2.26. The molecule has 0 heterocycles. The summed E-state index contributed by atoms with van der Waals surface area (Å²) >= 11 is 0. The minimum absolute atomic E-state index is 0. The van der Waals surface area contributed by atoms with E-state index < -0.39 is 12.0 Å². The molecule has 0 unspecified atom stereocenters. The van der Waals surface area contributed by atoms with Gasteiger partial charge in [-0.3, -0.25) is 4.79 Å². The molecular weight excluding hydrogens is 172 g/mol. The molecule has 1 atom stereocenters. The number of nitrogens with zero attached hydrogens (tertiary/aromatic N) is 3. The molecule has 11 heavy (non-hydrogen) atoms. The first kappa shape index (κ1) is 12.7. The normalized spacial score (nSPS) is 10.6. The van der Waals surface area contributed by atoms with E-state index in [1.54, 1.807) is 0 Å². The maximum Gasteiger partial charge on any atom is 0.304 e. The molecule has 64 valence electrons. The average Bonchev–Trinajstić information content (AvgIpc) is 1.82. The van der Waals surface area contributed by atoms with Gasteiger partial charge in [-0.2, -0.15) is 0 Å². The van der Waals surface area contributed by atoms with Crippen LogP contribution >= 0.6 is 12.4 Å². The summed E-state index contributed by atoms with van der Waals surface area (Å²) in [4.78, 5) is 12.4. The Kier molecular flexibility index (Phi) is 8.23. The third-order valence-corrected chi connectivity index (χ3v) is 0.816. The number of rotatable bonds is 4. The smallest absolute Gasteiger partial charge is 0.304 e. The lowest BCUT2D eigenvalue weighted by Gasteiger charge is -2.01. The Labute approximate surface area is 69.4 Å². The number of nitrogens with two attached hydrogens (primary N) is 1. The van der Waals surface area contributed by atoms with Crippen molar-refractivity contribution in [3.05, 3.63) is 10.4 Å². The Morgan fingerprint density at radius 1 is 1.82 bits per heavy atom. The van der Waals surface area contributed by atoms with Crippen molar-refractivity contribution in [3.8, 4) is 0 Å². The molecule has 0 aromatic heterocycles. The van der Waals surface area contributed by atoms with Crippen LogP contribution in [0.25, 0.3) is 10.4 Å². The van der Waals surface area contributed by atoms with E-state index in [0.717, 1.165) is 0 Å². The fourth-order valence-corrected chi connectivity index (χ4v) is 0.430. The van der Waals surface area contributed by atoms with Crippen molar-refractivity contribution in [2.75, 3.05) is 6.54 Å². The second-order valence-corrected chi connectivity index (χ2v) is 1.77. The van der Waals surface area contributed by atoms with E-state index >= 15 is 0 Å². The monoisotopic (exact) mass is 180 g/mol. The maximum atomic E-state index is 9.96. The molecule has 0 fully saturated rings. The van der Waals surface area contributed by atoms with Crippen LogP contribution in [0.4, 0.5) is 0 Å². The largest absolute Gasteiger partial charge is 0.481 e. The van der Waals surface area contributed by atoms with Crippen LogP contribution in [-0.4, -0.2) is 23.7 Å². The van der Waals surface area contributed by atoms with Gasteiger partial charge < -0.3 is 10.8 Å². The van der Waals surface area contributed by atoms with Crippen molar-refractivity contribution in [2.45, 2.75) is 12.5 Å². The van der Waals surface area contributed by atoms with E-state index in [0.29, 0.717) is 0 Å². The average molecular weight is 181 g/mol. The molecule has 0 aliphatic carbocycles. The van der Waals surface area contributed by atoms with Crippen molar-refractivity contribution in [1.29, 1.82) is 0 Å². The lowest BCUT2D eigenvalue weighted by molar-refractivity contribution is -0.137. The van der Waals surface area contributed by atoms with Gasteiger partial charge in [0, 0.05) is 17.5 Å². The summed E-state index contributed by atoms with van der Waals surface area (Å²) < 4.78 is 0. The zero-order valence-electron chi connectivity index (χ0n) is 5.67. The van der Waals surface area contributed by atoms with Crippen LogP contribution in [-0.2, 0) is 4.79 Å². The van der Waals surface area contributed by atoms with Gasteiger partial charge in [0.15, 0.2) is 0 Å². The van der Waals surface area contributed by atoms with E-state index in [1.165, 1.54) is 0 Å². The van der Waals surface area contributed by atoms with Crippen LogP contribution in [0.1, 0.15) is 6.42 Å². The van der Waals surface area contributed by atoms with Gasteiger partial charge >= 0.3 is 5.97 Å². The number of carboxylic acids is 1. The molecule has 7 heteroatoms. The van der Waals surface area contributed by atoms with Crippen LogP contribution in [0, 0.1) is 0 Å². The number of carbonyl (C=O) groups is 1. The maximum absolute atomic E-state index is 9.96. The molecule has 0 aliphatic rings. The molecule has 0 rings (SSSR count). The van der Waals surface area contributed by atoms with Gasteiger partial charge in [0.1, 0.15) is 0 Å². The highest BCUT2D eigenvalue weighted by atomic mass is 35.5. The van der Waals surface area contributed by atoms with Gasteiger partial charge in [-0.25, -0.2) is 0 Å². The minimum atomic E-state index is -0.986. The van der Waals surface area contributed by atoms with E-state index in [4.69, 9.17) is 16.4 Å². The minimum Gasteiger partial charge on any atom is -0.481 e. The van der Waals surface area contributed by atoms with Crippen molar-refractivity contribution in [3.63, 3.8) is 0 Å². The third-order valence-electron chi connectivity index (χ3n) is 0.816. The highest BCUT2D eigenvalue weighted by Gasteiger charge is 2.05. The zero-order valence-corrected chi connectivity index (χ0v) is 6.49. The predicted molar refractivity (Wildman–Crippen MR) is 41.5 cm³/mol. The highest BCUT2D eigenvalue weighted by Crippen LogP contribution is 1.88. The van der Waals surface area contributed by atoms with E-state index in [2.05, 4.69) is 10.0 Å². The summed E-state index contributed by atoms with van der Waals surface area (Å²) in [5, 5.41) is 11.3. The SMILES string of the molecule is Cl.[N-]=[N+]=NC[C@@H](N)CC(=O)O. The van der Waals surface area contributed by atoms with E-state index in [1.807, 2.05) is 0 Å². The molecule has 0 saturated heterocycles. The number of hydrogen-bond acceptors (Lipinski definition) is 3. The highest BCUT2D eigenvalue weighted by molar-refractivity contribution is 5.85. The van der Waals surface area contributed by atoms with Gasteiger partial charge in [0.2, 0.25) is 0 Å². The van der Waals surface area contributed by atoms with Crippen molar-refractivity contribution in [1.82, 2.24) is 0 Å². The molecule has 3 N–H and O–H groups in total. The van der Waals surface area contributed by atoms with Gasteiger partial charge in [-0.1, -0.05) is 5.11 Å². The van der Waals surface area contributed by atoms with E-state index in [9.17, 15) is 4.79 Å². The molecule has 0 aromatic carbocycles. The summed E-state index contributed by atoms with van der Waals surface area (Å²) in [6, 6.07) is -0.576. The standard InChI is InChI=1S/C4H8N4O2.ClH/c5-3(1-4(9)10)2-7-8-6;/h3H,1-2,5H2,(H,9,10);1H/t3-;/m0./s1. The van der Waals surface area contributed by atoms with Crippen molar-refractivity contribution >= 4 is 18.4 Å². The molecule has 0 bridgehead atoms. The Balaban J connectivity index is 0. The molecule has 6 nitrogen and oxygen atoms in total. The number of hydrogen-bond donors (Lipinski definition) is 2. The first-order valence-corrected chi connectivity index (χ1v) is 2.65. The molecule has 0 saturated carbocycles. The second kappa shape index (κ2) is 7.14. The second-order valence-electron chi connectivity index (χ2n) is 1.77. The fourth-order valence-electron chi connectivity index (χ4n) is 0.430. The topological polar surface area (TPSA) is 112 Å². The Bertz CT molecular complexity index is 163. The number of halogens is 1. The van der Waals surface area contributed by atoms with Crippen LogP contribution in [0.2, 0.25) is 0 Å². The first-order chi connectivity index (χ1) is 4.66. The molecular formula is C4H9ClN4O2. The Morgan fingerprint density at radius 3 is 2.73 bits per heavy atom. The number of azide groups is 1.